The number of rotatable bonds is 8. The van der Waals surface area contributed by atoms with Crippen molar-refractivity contribution in [2.45, 2.75) is 19.8 Å². The second kappa shape index (κ2) is 11.2. The number of hydrogen-bond acceptors (Lipinski definition) is 9. The molecule has 0 aliphatic carbocycles. The molecule has 2 aromatic carbocycles. The molecule has 0 radical (unpaired) electrons. The highest BCUT2D eigenvalue weighted by atomic mass is 16.6. The van der Waals surface area contributed by atoms with Gasteiger partial charge in [0.2, 0.25) is 0 Å². The summed E-state index contributed by atoms with van der Waals surface area (Å²) >= 11 is 0. The van der Waals surface area contributed by atoms with Crippen LogP contribution in [0.3, 0.4) is 0 Å². The summed E-state index contributed by atoms with van der Waals surface area (Å²) in [5.41, 5.74) is 2.34. The van der Waals surface area contributed by atoms with Crippen LogP contribution in [0.4, 0.5) is 0 Å². The molecule has 0 fully saturated rings. The van der Waals surface area contributed by atoms with Crippen molar-refractivity contribution in [1.82, 2.24) is 5.32 Å². The van der Waals surface area contributed by atoms with Crippen LogP contribution in [0.25, 0.3) is 0 Å². The third-order valence-corrected chi connectivity index (χ3v) is 5.43. The molecule has 0 bridgehead atoms. The summed E-state index contributed by atoms with van der Waals surface area (Å²) in [6.45, 7) is 3.18. The second-order valence-corrected chi connectivity index (χ2v) is 7.63. The van der Waals surface area contributed by atoms with E-state index in [2.05, 4.69) is 5.32 Å². The van der Waals surface area contributed by atoms with E-state index in [1.165, 1.54) is 14.2 Å². The highest BCUT2D eigenvalue weighted by molar-refractivity contribution is 5.99. The number of methoxy groups -OCH3 is 3. The Morgan fingerprint density at radius 1 is 0.743 bits per heavy atom. The van der Waals surface area contributed by atoms with Crippen molar-refractivity contribution in [2.24, 2.45) is 0 Å². The molecule has 1 heterocycles. The van der Waals surface area contributed by atoms with Gasteiger partial charge in [-0.3, -0.25) is 0 Å². The zero-order valence-corrected chi connectivity index (χ0v) is 20.2. The van der Waals surface area contributed by atoms with Crippen LogP contribution < -0.4 is 19.5 Å². The Kier molecular flexibility index (Phi) is 8.14. The van der Waals surface area contributed by atoms with Gasteiger partial charge in [-0.2, -0.15) is 0 Å². The fourth-order valence-corrected chi connectivity index (χ4v) is 3.79. The van der Waals surface area contributed by atoms with Crippen molar-refractivity contribution in [3.63, 3.8) is 0 Å². The number of allylic oxidation sites excluding steroid dienone is 2. The largest absolute Gasteiger partial charge is 0.497 e. The summed E-state index contributed by atoms with van der Waals surface area (Å²) in [5, 5.41) is 3.05. The maximum absolute atomic E-state index is 12.6. The van der Waals surface area contributed by atoms with Crippen LogP contribution >= 0.6 is 0 Å². The van der Waals surface area contributed by atoms with E-state index < -0.39 is 23.8 Å². The highest BCUT2D eigenvalue weighted by Gasteiger charge is 2.37. The average Bonchev–Trinajstić information content (AvgIpc) is 2.87. The van der Waals surface area contributed by atoms with Gasteiger partial charge < -0.3 is 29.0 Å². The number of carbonyl (C=O) groups excluding carboxylic acids is 3. The molecule has 1 aliphatic heterocycles. The third-order valence-electron chi connectivity index (χ3n) is 5.43. The first-order valence-corrected chi connectivity index (χ1v) is 10.7. The van der Waals surface area contributed by atoms with Crippen molar-refractivity contribution >= 4 is 17.9 Å². The molecule has 2 aromatic rings. The Hall–Kier alpha value is -4.27. The Bertz CT molecular complexity index is 1120. The first kappa shape index (κ1) is 25.4. The molecule has 0 atom stereocenters. The smallest absolute Gasteiger partial charge is 0.349 e. The fraction of sp³-hybridized carbons (Fsp3) is 0.269. The van der Waals surface area contributed by atoms with Gasteiger partial charge in [0.1, 0.15) is 17.2 Å². The molecule has 0 unspecified atom stereocenters. The summed E-state index contributed by atoms with van der Waals surface area (Å²) in [6.07, 6.45) is 0. The molecule has 0 saturated heterocycles. The van der Waals surface area contributed by atoms with Crippen molar-refractivity contribution in [2.75, 3.05) is 27.9 Å². The maximum Gasteiger partial charge on any atom is 0.349 e. The van der Waals surface area contributed by atoms with Crippen LogP contribution in [0.1, 0.15) is 25.3 Å². The Labute approximate surface area is 203 Å². The Morgan fingerprint density at radius 2 is 1.23 bits per heavy atom. The van der Waals surface area contributed by atoms with Gasteiger partial charge in [0.15, 0.2) is 6.61 Å². The molecule has 1 N–H and O–H groups in total. The molecule has 9 heteroatoms. The number of hydrogen-bond donors (Lipinski definition) is 1. The number of dihydropyridines is 1. The van der Waals surface area contributed by atoms with Crippen LogP contribution in [0, 0.1) is 0 Å². The Balaban J connectivity index is 1.77. The minimum atomic E-state index is -0.723. The van der Waals surface area contributed by atoms with E-state index in [4.69, 9.17) is 23.7 Å². The lowest BCUT2D eigenvalue weighted by Crippen LogP contribution is -2.32. The predicted octanol–water partition coefficient (Wildman–Crippen LogP) is 3.26. The number of ether oxygens (including phenoxy) is 5. The summed E-state index contributed by atoms with van der Waals surface area (Å²) in [5.74, 6) is -0.993. The molecule has 184 valence electrons. The van der Waals surface area contributed by atoms with Crippen LogP contribution in [0.2, 0.25) is 0 Å². The number of esters is 3. The summed E-state index contributed by atoms with van der Waals surface area (Å²) in [6, 6.07) is 13.3. The first-order valence-electron chi connectivity index (χ1n) is 10.7. The number of carbonyl (C=O) groups is 3. The van der Waals surface area contributed by atoms with E-state index in [-0.39, 0.29) is 23.5 Å². The van der Waals surface area contributed by atoms with E-state index in [0.29, 0.717) is 28.5 Å². The van der Waals surface area contributed by atoms with Gasteiger partial charge in [0, 0.05) is 11.4 Å². The normalized spacial score (nSPS) is 13.6. The van der Waals surface area contributed by atoms with Crippen molar-refractivity contribution in [3.8, 4) is 17.2 Å². The Morgan fingerprint density at radius 3 is 1.71 bits per heavy atom. The lowest BCUT2D eigenvalue weighted by molar-refractivity contribution is -0.138. The minimum Gasteiger partial charge on any atom is -0.497 e. The highest BCUT2D eigenvalue weighted by Crippen LogP contribution is 2.39. The van der Waals surface area contributed by atoms with Gasteiger partial charge in [0.25, 0.3) is 0 Å². The summed E-state index contributed by atoms with van der Waals surface area (Å²) in [4.78, 5) is 37.4. The predicted molar refractivity (Wildman–Crippen MR) is 126 cm³/mol. The zero-order valence-electron chi connectivity index (χ0n) is 20.2. The minimum absolute atomic E-state index is 0.284. The van der Waals surface area contributed by atoms with E-state index in [1.54, 1.807) is 69.5 Å². The lowest BCUT2D eigenvalue weighted by atomic mass is 9.80. The molecule has 35 heavy (non-hydrogen) atoms. The topological polar surface area (TPSA) is 109 Å². The van der Waals surface area contributed by atoms with Crippen LogP contribution in [0.15, 0.2) is 71.1 Å². The quantitative estimate of drug-likeness (QED) is 0.449. The van der Waals surface area contributed by atoms with Gasteiger partial charge in [-0.1, -0.05) is 12.1 Å². The van der Waals surface area contributed by atoms with Crippen LogP contribution in [0.5, 0.6) is 17.2 Å². The van der Waals surface area contributed by atoms with Crippen molar-refractivity contribution in [1.29, 1.82) is 0 Å². The lowest BCUT2D eigenvalue weighted by Gasteiger charge is -2.30. The molecule has 0 amide bonds. The monoisotopic (exact) mass is 481 g/mol. The maximum atomic E-state index is 12.6. The van der Waals surface area contributed by atoms with Gasteiger partial charge in [-0.05, 0) is 55.8 Å². The number of benzene rings is 2. The van der Waals surface area contributed by atoms with Crippen LogP contribution in [-0.2, 0) is 23.9 Å². The van der Waals surface area contributed by atoms with E-state index in [0.717, 1.165) is 0 Å². The average molecular weight is 482 g/mol. The molecular formula is C26H27NO8. The molecule has 0 aromatic heterocycles. The van der Waals surface area contributed by atoms with E-state index in [9.17, 15) is 14.4 Å². The molecule has 3 rings (SSSR count). The second-order valence-electron chi connectivity index (χ2n) is 7.63. The molecule has 1 aliphatic rings. The van der Waals surface area contributed by atoms with Gasteiger partial charge in [0.05, 0.1) is 38.4 Å². The van der Waals surface area contributed by atoms with E-state index in [1.807, 2.05) is 0 Å². The van der Waals surface area contributed by atoms with Crippen LogP contribution in [-0.4, -0.2) is 45.8 Å². The molecule has 0 saturated carbocycles. The van der Waals surface area contributed by atoms with Gasteiger partial charge >= 0.3 is 17.9 Å². The van der Waals surface area contributed by atoms with Gasteiger partial charge in [-0.25, -0.2) is 14.4 Å². The zero-order chi connectivity index (χ0) is 25.5. The summed E-state index contributed by atoms with van der Waals surface area (Å²) < 4.78 is 25.8. The third kappa shape index (κ3) is 5.81. The van der Waals surface area contributed by atoms with Crippen molar-refractivity contribution in [3.05, 3.63) is 76.6 Å². The fourth-order valence-electron chi connectivity index (χ4n) is 3.79. The molecule has 0 spiro atoms. The molecule has 9 nitrogen and oxygen atoms in total. The molecular weight excluding hydrogens is 454 g/mol. The standard InChI is InChI=1S/C26H27NO8/c1-15-22(25(29)32-4)24(23(16(2)27-15)26(30)33-5)17-6-8-20(9-7-17)35-21(28)14-34-19-12-10-18(31-3)11-13-19/h6-13,24,27H,14H2,1-5H3. The van der Waals surface area contributed by atoms with Crippen molar-refractivity contribution < 1.29 is 38.1 Å². The van der Waals surface area contributed by atoms with E-state index >= 15 is 0 Å². The summed E-state index contributed by atoms with van der Waals surface area (Å²) in [7, 11) is 4.11. The number of nitrogens with one attached hydrogen (secondary N) is 1. The van der Waals surface area contributed by atoms with Gasteiger partial charge in [-0.15, -0.1) is 0 Å². The SMILES string of the molecule is COC(=O)C1=C(C)NC(C)=C(C(=O)OC)C1c1ccc(OC(=O)COc2ccc(OC)cc2)cc1. The first-order chi connectivity index (χ1) is 16.8.